The van der Waals surface area contributed by atoms with Gasteiger partial charge in [0.1, 0.15) is 0 Å². The molecule has 0 aromatic heterocycles. The van der Waals surface area contributed by atoms with Crippen LogP contribution in [0.5, 0.6) is 11.5 Å². The number of para-hydroxylation sites is 1. The lowest BCUT2D eigenvalue weighted by atomic mass is 9.96. The number of nitrogens with zero attached hydrogens (tertiary/aromatic N) is 1. The van der Waals surface area contributed by atoms with Gasteiger partial charge in [-0.1, -0.05) is 12.1 Å². The van der Waals surface area contributed by atoms with Crippen LogP contribution in [-0.4, -0.2) is 47.1 Å². The van der Waals surface area contributed by atoms with Crippen molar-refractivity contribution in [3.63, 3.8) is 0 Å². The van der Waals surface area contributed by atoms with Gasteiger partial charge < -0.3 is 9.47 Å². The fourth-order valence-electron chi connectivity index (χ4n) is 2.10. The van der Waals surface area contributed by atoms with Gasteiger partial charge in [0.05, 0.1) is 13.7 Å². The summed E-state index contributed by atoms with van der Waals surface area (Å²) in [5, 5.41) is 0. The Morgan fingerprint density at radius 1 is 1.45 bits per heavy atom. The average Bonchev–Trinajstić information content (AvgIpc) is 2.44. The van der Waals surface area contributed by atoms with Crippen molar-refractivity contribution in [2.75, 3.05) is 34.4 Å². The van der Waals surface area contributed by atoms with Crippen LogP contribution < -0.4 is 14.2 Å². The molecule has 0 saturated heterocycles. The number of ether oxygens (including phenoxy) is 2. The molecule has 7 heteroatoms. The normalized spacial score (nSPS) is 18.5. The van der Waals surface area contributed by atoms with Gasteiger partial charge in [0.15, 0.2) is 11.5 Å². The second kappa shape index (κ2) is 5.99. The summed E-state index contributed by atoms with van der Waals surface area (Å²) in [7, 11) is 1.22. The highest BCUT2D eigenvalue weighted by atomic mass is 32.2. The maximum Gasteiger partial charge on any atom is 0.278 e. The Kier molecular flexibility index (Phi) is 4.52. The van der Waals surface area contributed by atoms with Crippen molar-refractivity contribution >= 4 is 10.2 Å². The molecule has 0 radical (unpaired) electrons. The van der Waals surface area contributed by atoms with E-state index in [0.717, 1.165) is 27.8 Å². The highest BCUT2D eigenvalue weighted by molar-refractivity contribution is 7.87. The van der Waals surface area contributed by atoms with Crippen LogP contribution in [0.15, 0.2) is 18.2 Å². The zero-order valence-electron chi connectivity index (χ0n) is 11.9. The number of nitrogens with one attached hydrogen (secondary N) is 1. The molecule has 1 aromatic rings. The number of rotatable bonds is 5. The van der Waals surface area contributed by atoms with E-state index in [4.69, 9.17) is 9.47 Å². The summed E-state index contributed by atoms with van der Waals surface area (Å²) in [5.74, 6) is 1.60. The minimum Gasteiger partial charge on any atom is -0.493 e. The van der Waals surface area contributed by atoms with Crippen molar-refractivity contribution < 1.29 is 17.9 Å². The molecule has 112 valence electrons. The lowest BCUT2D eigenvalue weighted by Gasteiger charge is -2.27. The Morgan fingerprint density at radius 3 is 2.85 bits per heavy atom. The molecule has 2 rings (SSSR count). The van der Waals surface area contributed by atoms with Crippen molar-refractivity contribution in [3.05, 3.63) is 23.8 Å². The highest BCUT2D eigenvalue weighted by Gasteiger charge is 2.24. The standard InChI is InChI=1S/C13H20N2O4S/c1-15(2)20(16,17)14-8-10-7-11-5-4-6-12(18-3)13(11)19-9-10/h4-6,10,14H,7-9H2,1-3H3/t10-/m0/s1. The largest absolute Gasteiger partial charge is 0.493 e. The van der Waals surface area contributed by atoms with Crippen LogP contribution in [0, 0.1) is 5.92 Å². The van der Waals surface area contributed by atoms with Gasteiger partial charge in [-0.25, -0.2) is 4.72 Å². The van der Waals surface area contributed by atoms with Crippen LogP contribution in [0.4, 0.5) is 0 Å². The molecule has 0 saturated carbocycles. The van der Waals surface area contributed by atoms with Gasteiger partial charge in [0.2, 0.25) is 0 Å². The van der Waals surface area contributed by atoms with E-state index in [9.17, 15) is 8.42 Å². The molecule has 0 amide bonds. The van der Waals surface area contributed by atoms with Crippen LogP contribution in [0.1, 0.15) is 5.56 Å². The van der Waals surface area contributed by atoms with Gasteiger partial charge in [-0.2, -0.15) is 12.7 Å². The van der Waals surface area contributed by atoms with E-state index in [1.807, 2.05) is 18.2 Å². The van der Waals surface area contributed by atoms with Gasteiger partial charge in [-0.05, 0) is 18.1 Å². The third-order valence-corrected chi connectivity index (χ3v) is 4.78. The minimum atomic E-state index is -3.38. The number of hydrogen-bond acceptors (Lipinski definition) is 4. The second-order valence-electron chi connectivity index (χ2n) is 4.97. The maximum atomic E-state index is 11.7. The summed E-state index contributed by atoms with van der Waals surface area (Å²) in [6, 6.07) is 5.74. The highest BCUT2D eigenvalue weighted by Crippen LogP contribution is 2.35. The predicted molar refractivity (Wildman–Crippen MR) is 76.3 cm³/mol. The van der Waals surface area contributed by atoms with Gasteiger partial charge in [-0.3, -0.25) is 0 Å². The third kappa shape index (κ3) is 3.23. The van der Waals surface area contributed by atoms with Crippen molar-refractivity contribution in [3.8, 4) is 11.5 Å². The molecule has 0 spiro atoms. The predicted octanol–water partition coefficient (Wildman–Crippen LogP) is 0.642. The quantitative estimate of drug-likeness (QED) is 0.866. The molecule has 0 bridgehead atoms. The molecule has 1 heterocycles. The SMILES string of the molecule is COc1cccc2c1OC[C@H](CNS(=O)(=O)N(C)C)C2. The van der Waals surface area contributed by atoms with Gasteiger partial charge in [0.25, 0.3) is 10.2 Å². The summed E-state index contributed by atoms with van der Waals surface area (Å²) in [5.41, 5.74) is 1.05. The zero-order valence-corrected chi connectivity index (χ0v) is 12.7. The fourth-order valence-corrected chi connectivity index (χ4v) is 2.81. The summed E-state index contributed by atoms with van der Waals surface area (Å²) in [4.78, 5) is 0. The number of methoxy groups -OCH3 is 1. The van der Waals surface area contributed by atoms with Crippen molar-refractivity contribution in [2.45, 2.75) is 6.42 Å². The first-order valence-corrected chi connectivity index (χ1v) is 7.84. The van der Waals surface area contributed by atoms with E-state index in [2.05, 4.69) is 4.72 Å². The van der Waals surface area contributed by atoms with E-state index < -0.39 is 10.2 Å². The van der Waals surface area contributed by atoms with Crippen molar-refractivity contribution in [2.24, 2.45) is 5.92 Å². The third-order valence-electron chi connectivity index (χ3n) is 3.29. The number of hydrogen-bond donors (Lipinski definition) is 1. The lowest BCUT2D eigenvalue weighted by Crippen LogP contribution is -2.40. The van der Waals surface area contributed by atoms with Crippen LogP contribution >= 0.6 is 0 Å². The molecule has 1 aliphatic rings. The molecular weight excluding hydrogens is 280 g/mol. The lowest BCUT2D eigenvalue weighted by molar-refractivity contribution is 0.212. The molecule has 0 unspecified atom stereocenters. The van der Waals surface area contributed by atoms with E-state index in [0.29, 0.717) is 13.2 Å². The van der Waals surface area contributed by atoms with Crippen LogP contribution in [0.25, 0.3) is 0 Å². The summed E-state index contributed by atoms with van der Waals surface area (Å²) >= 11 is 0. The van der Waals surface area contributed by atoms with E-state index in [1.165, 1.54) is 14.1 Å². The molecule has 20 heavy (non-hydrogen) atoms. The van der Waals surface area contributed by atoms with Gasteiger partial charge >= 0.3 is 0 Å². The van der Waals surface area contributed by atoms with E-state index in [-0.39, 0.29) is 5.92 Å². The first-order valence-electron chi connectivity index (χ1n) is 6.40. The average molecular weight is 300 g/mol. The molecule has 1 atom stereocenters. The Hall–Kier alpha value is -1.31. The Balaban J connectivity index is 2.02. The summed E-state index contributed by atoms with van der Waals surface area (Å²) < 4.78 is 38.0. The Bertz CT molecular complexity index is 572. The number of fused-ring (bicyclic) bond motifs is 1. The molecular formula is C13H20N2O4S. The first kappa shape index (κ1) is 15.1. The minimum absolute atomic E-state index is 0.115. The van der Waals surface area contributed by atoms with Crippen LogP contribution in [-0.2, 0) is 16.6 Å². The van der Waals surface area contributed by atoms with Crippen molar-refractivity contribution in [1.82, 2.24) is 9.03 Å². The Morgan fingerprint density at radius 2 is 2.20 bits per heavy atom. The smallest absolute Gasteiger partial charge is 0.278 e. The van der Waals surface area contributed by atoms with Crippen molar-refractivity contribution in [1.29, 1.82) is 0 Å². The maximum absolute atomic E-state index is 11.7. The molecule has 1 N–H and O–H groups in total. The summed E-state index contributed by atoms with van der Waals surface area (Å²) in [6.45, 7) is 0.834. The molecule has 1 aromatic carbocycles. The fraction of sp³-hybridized carbons (Fsp3) is 0.538. The second-order valence-corrected chi connectivity index (χ2v) is 6.93. The molecule has 6 nitrogen and oxygen atoms in total. The van der Waals surface area contributed by atoms with E-state index in [1.54, 1.807) is 7.11 Å². The van der Waals surface area contributed by atoms with Crippen LogP contribution in [0.3, 0.4) is 0 Å². The van der Waals surface area contributed by atoms with E-state index >= 15 is 0 Å². The van der Waals surface area contributed by atoms with Gasteiger partial charge in [-0.15, -0.1) is 0 Å². The molecule has 1 aliphatic heterocycles. The first-order chi connectivity index (χ1) is 9.44. The summed E-state index contributed by atoms with van der Waals surface area (Å²) in [6.07, 6.45) is 0.766. The topological polar surface area (TPSA) is 67.9 Å². The zero-order chi connectivity index (χ0) is 14.8. The molecule has 0 aliphatic carbocycles. The van der Waals surface area contributed by atoms with Crippen LogP contribution in [0.2, 0.25) is 0 Å². The number of benzene rings is 1. The molecule has 0 fully saturated rings. The van der Waals surface area contributed by atoms with Gasteiger partial charge in [0, 0.05) is 26.6 Å². The monoisotopic (exact) mass is 300 g/mol. The Labute approximate surface area is 119 Å².